The summed E-state index contributed by atoms with van der Waals surface area (Å²) in [5, 5.41) is 16.5. The van der Waals surface area contributed by atoms with E-state index in [2.05, 4.69) is 14.9 Å². The molecule has 2 heterocycles. The Morgan fingerprint density at radius 1 is 1.45 bits per heavy atom. The van der Waals surface area contributed by atoms with Gasteiger partial charge in [-0.15, -0.1) is 5.10 Å². The number of hydrogen-bond acceptors (Lipinski definition) is 5. The number of nitrogens with zero attached hydrogens (tertiary/aromatic N) is 3. The molecule has 0 bridgehead atoms. The molecular weight excluding hydrogens is 280 g/mol. The second kappa shape index (κ2) is 6.02. The van der Waals surface area contributed by atoms with Gasteiger partial charge in [0.05, 0.1) is 6.61 Å². The molecule has 0 aromatic carbocycles. The third-order valence-electron chi connectivity index (χ3n) is 2.71. The summed E-state index contributed by atoms with van der Waals surface area (Å²) in [6.07, 6.45) is 3.81. The Balaban J connectivity index is 2.30. The lowest BCUT2D eigenvalue weighted by Crippen LogP contribution is -2.13. The van der Waals surface area contributed by atoms with E-state index in [-0.39, 0.29) is 17.3 Å². The zero-order valence-corrected chi connectivity index (χ0v) is 11.8. The molecule has 2 N–H and O–H groups in total. The van der Waals surface area contributed by atoms with Crippen LogP contribution in [-0.4, -0.2) is 28.3 Å². The molecule has 8 heteroatoms. The molecule has 2 aromatic heterocycles. The lowest BCUT2D eigenvalue weighted by atomic mass is 10.4. The largest absolute Gasteiger partial charge is 0.390 e. The van der Waals surface area contributed by atoms with Gasteiger partial charge in [0.25, 0.3) is 10.0 Å². The first-order valence-electron chi connectivity index (χ1n) is 6.17. The monoisotopic (exact) mass is 296 g/mol. The van der Waals surface area contributed by atoms with Gasteiger partial charge in [0.1, 0.15) is 4.90 Å². The zero-order chi connectivity index (χ0) is 14.6. The predicted octanol–water partition coefficient (Wildman–Crippen LogP) is 0.981. The Labute approximate surface area is 117 Å². The lowest BCUT2D eigenvalue weighted by molar-refractivity contribution is 0.270. The molecule has 0 spiro atoms. The summed E-state index contributed by atoms with van der Waals surface area (Å²) < 4.78 is 28.5. The fourth-order valence-corrected chi connectivity index (χ4v) is 2.87. The van der Waals surface area contributed by atoms with Crippen LogP contribution >= 0.6 is 0 Å². The first kappa shape index (κ1) is 14.5. The third-order valence-corrected chi connectivity index (χ3v) is 4.03. The van der Waals surface area contributed by atoms with E-state index in [0.29, 0.717) is 12.2 Å². The molecule has 0 aliphatic rings. The van der Waals surface area contributed by atoms with E-state index in [4.69, 9.17) is 0 Å². The maximum atomic E-state index is 12.2. The van der Waals surface area contributed by atoms with Gasteiger partial charge >= 0.3 is 0 Å². The minimum absolute atomic E-state index is 0.0978. The zero-order valence-electron chi connectivity index (χ0n) is 11.0. The summed E-state index contributed by atoms with van der Waals surface area (Å²) in [6.45, 7) is 2.42. The van der Waals surface area contributed by atoms with Crippen LogP contribution in [0.2, 0.25) is 0 Å². The molecule has 7 nitrogen and oxygen atoms in total. The lowest BCUT2D eigenvalue weighted by Gasteiger charge is -2.04. The van der Waals surface area contributed by atoms with E-state index in [1.807, 2.05) is 6.92 Å². The van der Waals surface area contributed by atoms with Crippen LogP contribution < -0.4 is 4.72 Å². The molecule has 0 aliphatic heterocycles. The van der Waals surface area contributed by atoms with Gasteiger partial charge in [-0.25, -0.2) is 8.42 Å². The van der Waals surface area contributed by atoms with E-state index < -0.39 is 10.0 Å². The van der Waals surface area contributed by atoms with Gasteiger partial charge in [-0.05, 0) is 24.6 Å². The molecule has 108 valence electrons. The SMILES string of the molecule is CCCn1cc(S(=O)(=O)Nc2cccnn2)cc1CO. The number of aliphatic hydroxyl groups excluding tert-OH is 1. The van der Waals surface area contributed by atoms with Gasteiger partial charge in [-0.3, -0.25) is 4.72 Å². The van der Waals surface area contributed by atoms with Crippen molar-refractivity contribution in [1.82, 2.24) is 14.8 Å². The Morgan fingerprint density at radius 3 is 2.85 bits per heavy atom. The normalized spacial score (nSPS) is 11.5. The Kier molecular flexibility index (Phi) is 4.35. The molecule has 0 amide bonds. The topological polar surface area (TPSA) is 97.1 Å². The average molecular weight is 296 g/mol. The Morgan fingerprint density at radius 2 is 2.25 bits per heavy atom. The number of anilines is 1. The highest BCUT2D eigenvalue weighted by atomic mass is 32.2. The van der Waals surface area contributed by atoms with Crippen molar-refractivity contribution in [1.29, 1.82) is 0 Å². The maximum absolute atomic E-state index is 12.2. The van der Waals surface area contributed by atoms with Crippen LogP contribution in [0.15, 0.2) is 35.5 Å². The van der Waals surface area contributed by atoms with Crippen molar-refractivity contribution >= 4 is 15.8 Å². The molecule has 0 atom stereocenters. The summed E-state index contributed by atoms with van der Waals surface area (Å²) in [5.41, 5.74) is 0.561. The molecule has 0 unspecified atom stereocenters. The van der Waals surface area contributed by atoms with E-state index in [1.165, 1.54) is 24.5 Å². The summed E-state index contributed by atoms with van der Waals surface area (Å²) in [5.74, 6) is 0.154. The summed E-state index contributed by atoms with van der Waals surface area (Å²) >= 11 is 0. The quantitative estimate of drug-likeness (QED) is 0.828. The van der Waals surface area contributed by atoms with Gasteiger partial charge in [0.2, 0.25) is 0 Å². The minimum Gasteiger partial charge on any atom is -0.390 e. The summed E-state index contributed by atoms with van der Waals surface area (Å²) in [4.78, 5) is 0.0978. The first-order chi connectivity index (χ1) is 9.56. The van der Waals surface area contributed by atoms with Crippen LogP contribution in [0.1, 0.15) is 19.0 Å². The third kappa shape index (κ3) is 3.14. The van der Waals surface area contributed by atoms with Crippen molar-refractivity contribution in [2.75, 3.05) is 4.72 Å². The van der Waals surface area contributed by atoms with Gasteiger partial charge in [0.15, 0.2) is 5.82 Å². The Bertz CT molecular complexity index is 667. The van der Waals surface area contributed by atoms with Crippen LogP contribution in [-0.2, 0) is 23.2 Å². The summed E-state index contributed by atoms with van der Waals surface area (Å²) in [6, 6.07) is 4.56. The predicted molar refractivity (Wildman–Crippen MR) is 73.5 cm³/mol. The van der Waals surface area contributed by atoms with Crippen molar-refractivity contribution in [2.24, 2.45) is 0 Å². The number of aliphatic hydroxyl groups is 1. The van der Waals surface area contributed by atoms with Crippen LogP contribution in [0.4, 0.5) is 5.82 Å². The van der Waals surface area contributed by atoms with E-state index in [1.54, 1.807) is 10.6 Å². The van der Waals surface area contributed by atoms with Crippen molar-refractivity contribution in [3.8, 4) is 0 Å². The summed E-state index contributed by atoms with van der Waals surface area (Å²) in [7, 11) is -3.73. The van der Waals surface area contributed by atoms with Crippen LogP contribution in [0, 0.1) is 0 Å². The van der Waals surface area contributed by atoms with Crippen molar-refractivity contribution in [3.63, 3.8) is 0 Å². The number of hydrogen-bond donors (Lipinski definition) is 2. The Hall–Kier alpha value is -1.93. The van der Waals surface area contributed by atoms with Crippen LogP contribution in [0.3, 0.4) is 0 Å². The molecule has 2 aromatic rings. The fourth-order valence-electron chi connectivity index (χ4n) is 1.81. The molecule has 20 heavy (non-hydrogen) atoms. The average Bonchev–Trinajstić information content (AvgIpc) is 2.84. The van der Waals surface area contributed by atoms with Gasteiger partial charge in [0, 0.05) is 24.6 Å². The van der Waals surface area contributed by atoms with Crippen LogP contribution in [0.5, 0.6) is 0 Å². The highest BCUT2D eigenvalue weighted by Gasteiger charge is 2.18. The number of nitrogens with one attached hydrogen (secondary N) is 1. The number of aryl methyl sites for hydroxylation is 1. The standard InChI is InChI=1S/C12H16N4O3S/c1-2-6-16-8-11(7-10(16)9-17)20(18,19)15-12-4-3-5-13-14-12/h3-5,7-8,17H,2,6,9H2,1H3,(H,14,15). The number of aromatic nitrogens is 3. The number of rotatable bonds is 6. The van der Waals surface area contributed by atoms with Crippen LogP contribution in [0.25, 0.3) is 0 Å². The fraction of sp³-hybridized carbons (Fsp3) is 0.333. The highest BCUT2D eigenvalue weighted by molar-refractivity contribution is 7.92. The second-order valence-corrected chi connectivity index (χ2v) is 5.92. The van der Waals surface area contributed by atoms with Crippen molar-refractivity contribution in [2.45, 2.75) is 31.4 Å². The molecular formula is C12H16N4O3S. The van der Waals surface area contributed by atoms with Gasteiger partial charge in [-0.2, -0.15) is 5.10 Å². The molecule has 0 saturated carbocycles. The van der Waals surface area contributed by atoms with Gasteiger partial charge < -0.3 is 9.67 Å². The molecule has 0 saturated heterocycles. The molecule has 0 fully saturated rings. The molecule has 0 aliphatic carbocycles. The highest BCUT2D eigenvalue weighted by Crippen LogP contribution is 2.18. The minimum atomic E-state index is -3.73. The smallest absolute Gasteiger partial charge is 0.264 e. The second-order valence-electron chi connectivity index (χ2n) is 4.23. The van der Waals surface area contributed by atoms with Crippen molar-refractivity contribution in [3.05, 3.63) is 36.3 Å². The maximum Gasteiger partial charge on any atom is 0.264 e. The molecule has 2 rings (SSSR count). The molecule has 0 radical (unpaired) electrons. The van der Waals surface area contributed by atoms with E-state index in [9.17, 15) is 13.5 Å². The van der Waals surface area contributed by atoms with E-state index in [0.717, 1.165) is 6.42 Å². The van der Waals surface area contributed by atoms with E-state index >= 15 is 0 Å². The number of sulfonamides is 1. The van der Waals surface area contributed by atoms with Crippen molar-refractivity contribution < 1.29 is 13.5 Å². The van der Waals surface area contributed by atoms with Gasteiger partial charge in [-0.1, -0.05) is 6.92 Å². The first-order valence-corrected chi connectivity index (χ1v) is 7.65.